The third-order valence-corrected chi connectivity index (χ3v) is 5.37. The van der Waals surface area contributed by atoms with Crippen molar-refractivity contribution < 1.29 is 22.5 Å². The summed E-state index contributed by atoms with van der Waals surface area (Å²) in [6, 6.07) is 18.3. The van der Waals surface area contributed by atoms with Gasteiger partial charge in [0.1, 0.15) is 12.3 Å². The Hall–Kier alpha value is -3.48. The van der Waals surface area contributed by atoms with Crippen molar-refractivity contribution in [2.24, 2.45) is 0 Å². The number of rotatable bonds is 8. The maximum absolute atomic E-state index is 12.2. The van der Waals surface area contributed by atoms with Gasteiger partial charge in [0.15, 0.2) is 5.76 Å². The number of aromatic nitrogens is 1. The van der Waals surface area contributed by atoms with Crippen LogP contribution in [0, 0.1) is 11.3 Å². The largest absolute Gasteiger partial charge is 0.455 e. The van der Waals surface area contributed by atoms with E-state index >= 15 is 0 Å². The summed E-state index contributed by atoms with van der Waals surface area (Å²) < 4.78 is 36.9. The highest BCUT2D eigenvalue weighted by Crippen LogP contribution is 2.20. The van der Waals surface area contributed by atoms with Crippen LogP contribution in [0.5, 0.6) is 0 Å². The minimum atomic E-state index is -3.73. The molecule has 0 fully saturated rings. The topological polar surface area (TPSA) is 122 Å². The van der Waals surface area contributed by atoms with Crippen LogP contribution in [-0.4, -0.2) is 26.1 Å². The molecule has 1 heterocycles. The number of sulfonamides is 1. The quantitative estimate of drug-likeness (QED) is 0.447. The zero-order chi connectivity index (χ0) is 20.7. The van der Waals surface area contributed by atoms with Crippen molar-refractivity contribution >= 4 is 16.0 Å². The molecule has 2 aromatic carbocycles. The monoisotopic (exact) mass is 411 g/mol. The summed E-state index contributed by atoms with van der Waals surface area (Å²) in [5.74, 6) is -0.0502. The summed E-state index contributed by atoms with van der Waals surface area (Å²) in [5, 5.41) is 12.4. The molecule has 148 valence electrons. The SMILES string of the molecule is N#CCCNS(=O)(=O)c1ccc(C(=O)OCc2cc(-c3ccccc3)on2)cc1. The molecule has 0 spiro atoms. The van der Waals surface area contributed by atoms with Crippen LogP contribution in [0.4, 0.5) is 0 Å². The zero-order valence-electron chi connectivity index (χ0n) is 15.2. The zero-order valence-corrected chi connectivity index (χ0v) is 16.1. The van der Waals surface area contributed by atoms with E-state index in [2.05, 4.69) is 9.88 Å². The van der Waals surface area contributed by atoms with E-state index in [1.165, 1.54) is 24.3 Å². The Morgan fingerprint density at radius 2 is 1.86 bits per heavy atom. The highest BCUT2D eigenvalue weighted by Gasteiger charge is 2.15. The normalized spacial score (nSPS) is 11.0. The predicted molar refractivity (Wildman–Crippen MR) is 103 cm³/mol. The molecule has 8 nitrogen and oxygen atoms in total. The summed E-state index contributed by atoms with van der Waals surface area (Å²) in [6.45, 7) is -0.0593. The number of esters is 1. The van der Waals surface area contributed by atoms with Gasteiger partial charge in [-0.1, -0.05) is 35.5 Å². The lowest BCUT2D eigenvalue weighted by molar-refractivity contribution is 0.0464. The third kappa shape index (κ3) is 5.28. The molecule has 0 aliphatic carbocycles. The molecular formula is C20H17N3O5S. The van der Waals surface area contributed by atoms with Crippen molar-refractivity contribution in [3.8, 4) is 17.4 Å². The first kappa shape index (κ1) is 20.3. The van der Waals surface area contributed by atoms with Crippen LogP contribution in [0.25, 0.3) is 11.3 Å². The first-order chi connectivity index (χ1) is 14.0. The number of benzene rings is 2. The standard InChI is InChI=1S/C20H17N3O5S/c21-11-4-12-22-29(25,26)18-9-7-16(8-10-18)20(24)27-14-17-13-19(28-23-17)15-5-2-1-3-6-15/h1-3,5-10,13,22H,4,12,14H2. The van der Waals surface area contributed by atoms with Crippen molar-refractivity contribution in [1.29, 1.82) is 5.26 Å². The third-order valence-electron chi connectivity index (χ3n) is 3.90. The summed E-state index contributed by atoms with van der Waals surface area (Å²) in [4.78, 5) is 12.2. The van der Waals surface area contributed by atoms with E-state index in [4.69, 9.17) is 14.5 Å². The summed E-state index contributed by atoms with van der Waals surface area (Å²) in [5.41, 5.74) is 1.52. The molecule has 1 aromatic heterocycles. The maximum atomic E-state index is 12.2. The van der Waals surface area contributed by atoms with Gasteiger partial charge < -0.3 is 9.26 Å². The lowest BCUT2D eigenvalue weighted by Crippen LogP contribution is -2.24. The second kappa shape index (κ2) is 9.14. The molecule has 0 saturated heterocycles. The molecular weight excluding hydrogens is 394 g/mol. The highest BCUT2D eigenvalue weighted by molar-refractivity contribution is 7.89. The van der Waals surface area contributed by atoms with Gasteiger partial charge in [-0.25, -0.2) is 17.9 Å². The Morgan fingerprint density at radius 3 is 2.55 bits per heavy atom. The molecule has 29 heavy (non-hydrogen) atoms. The van der Waals surface area contributed by atoms with Crippen molar-refractivity contribution in [3.05, 3.63) is 71.9 Å². The Morgan fingerprint density at radius 1 is 1.14 bits per heavy atom. The van der Waals surface area contributed by atoms with Crippen LogP contribution in [0.3, 0.4) is 0 Å². The molecule has 3 aromatic rings. The van der Waals surface area contributed by atoms with Crippen LogP contribution in [0.15, 0.2) is 70.1 Å². The lowest BCUT2D eigenvalue weighted by Gasteiger charge is -2.06. The van der Waals surface area contributed by atoms with Crippen LogP contribution >= 0.6 is 0 Å². The number of carbonyl (C=O) groups excluding carboxylic acids is 1. The number of nitrogens with one attached hydrogen (secondary N) is 1. The predicted octanol–water partition coefficient (Wildman–Crippen LogP) is 2.89. The van der Waals surface area contributed by atoms with Gasteiger partial charge in [0, 0.05) is 24.6 Å². The fourth-order valence-electron chi connectivity index (χ4n) is 2.44. The van der Waals surface area contributed by atoms with E-state index in [1.807, 2.05) is 36.4 Å². The minimum absolute atomic E-state index is 0.00371. The molecule has 0 aliphatic heterocycles. The van der Waals surface area contributed by atoms with E-state index in [0.717, 1.165) is 5.56 Å². The van der Waals surface area contributed by atoms with Crippen LogP contribution in [-0.2, 0) is 21.4 Å². The molecule has 0 radical (unpaired) electrons. The van der Waals surface area contributed by atoms with Gasteiger partial charge in [-0.05, 0) is 24.3 Å². The first-order valence-corrected chi connectivity index (χ1v) is 10.1. The van der Waals surface area contributed by atoms with Crippen molar-refractivity contribution in [2.75, 3.05) is 6.54 Å². The molecule has 3 rings (SSSR count). The second-order valence-electron chi connectivity index (χ2n) is 5.95. The maximum Gasteiger partial charge on any atom is 0.338 e. The number of hydrogen-bond donors (Lipinski definition) is 1. The fourth-order valence-corrected chi connectivity index (χ4v) is 3.47. The average molecular weight is 411 g/mol. The Labute approximate surface area is 167 Å². The van der Waals surface area contributed by atoms with Gasteiger partial charge in [-0.2, -0.15) is 5.26 Å². The van der Waals surface area contributed by atoms with Gasteiger partial charge in [-0.15, -0.1) is 0 Å². The van der Waals surface area contributed by atoms with Gasteiger partial charge in [-0.3, -0.25) is 0 Å². The highest BCUT2D eigenvalue weighted by atomic mass is 32.2. The van der Waals surface area contributed by atoms with Crippen LogP contribution in [0.1, 0.15) is 22.5 Å². The number of carbonyl (C=O) groups is 1. The fraction of sp³-hybridized carbons (Fsp3) is 0.150. The average Bonchev–Trinajstić information content (AvgIpc) is 3.22. The van der Waals surface area contributed by atoms with E-state index in [0.29, 0.717) is 11.5 Å². The summed E-state index contributed by atoms with van der Waals surface area (Å²) in [6.07, 6.45) is 0.0671. The van der Waals surface area contributed by atoms with E-state index in [1.54, 1.807) is 6.07 Å². The Kier molecular flexibility index (Phi) is 6.39. The molecule has 0 aliphatic rings. The van der Waals surface area contributed by atoms with Gasteiger partial charge >= 0.3 is 5.97 Å². The second-order valence-corrected chi connectivity index (χ2v) is 7.72. The van der Waals surface area contributed by atoms with Crippen LogP contribution < -0.4 is 4.72 Å². The van der Waals surface area contributed by atoms with Crippen molar-refractivity contribution in [2.45, 2.75) is 17.9 Å². The molecule has 0 bridgehead atoms. The molecule has 0 amide bonds. The van der Waals surface area contributed by atoms with Crippen molar-refractivity contribution in [1.82, 2.24) is 9.88 Å². The van der Waals surface area contributed by atoms with Gasteiger partial charge in [0.05, 0.1) is 16.5 Å². The number of nitrogens with zero attached hydrogens (tertiary/aromatic N) is 2. The van der Waals surface area contributed by atoms with E-state index in [-0.39, 0.29) is 30.0 Å². The molecule has 1 N–H and O–H groups in total. The molecule has 0 atom stereocenters. The first-order valence-electron chi connectivity index (χ1n) is 8.64. The smallest absolute Gasteiger partial charge is 0.338 e. The van der Waals surface area contributed by atoms with Crippen LogP contribution in [0.2, 0.25) is 0 Å². The molecule has 9 heteroatoms. The minimum Gasteiger partial charge on any atom is -0.455 e. The number of hydrogen-bond acceptors (Lipinski definition) is 7. The Bertz CT molecular complexity index is 1120. The molecule has 0 unspecified atom stereocenters. The van der Waals surface area contributed by atoms with Crippen molar-refractivity contribution in [3.63, 3.8) is 0 Å². The number of ether oxygens (including phenoxy) is 1. The van der Waals surface area contributed by atoms with Gasteiger partial charge in [0.25, 0.3) is 0 Å². The van der Waals surface area contributed by atoms with Gasteiger partial charge in [0.2, 0.25) is 10.0 Å². The lowest BCUT2D eigenvalue weighted by atomic mass is 10.2. The summed E-state index contributed by atoms with van der Waals surface area (Å²) in [7, 11) is -3.73. The van der Waals surface area contributed by atoms with E-state index in [9.17, 15) is 13.2 Å². The number of nitriles is 1. The Balaban J connectivity index is 1.59. The van der Waals surface area contributed by atoms with E-state index < -0.39 is 16.0 Å². The molecule has 0 saturated carbocycles. The summed E-state index contributed by atoms with van der Waals surface area (Å²) >= 11 is 0.